The second-order valence-electron chi connectivity index (χ2n) is 6.25. The Labute approximate surface area is 136 Å². The van der Waals surface area contributed by atoms with Gasteiger partial charge in [0.05, 0.1) is 13.2 Å². The molecule has 23 heavy (non-hydrogen) atoms. The van der Waals surface area contributed by atoms with Gasteiger partial charge < -0.3 is 14.7 Å². The molecule has 1 amide bonds. The predicted molar refractivity (Wildman–Crippen MR) is 87.1 cm³/mol. The minimum absolute atomic E-state index is 0.0847. The molecule has 0 radical (unpaired) electrons. The molecule has 0 spiro atoms. The molecule has 1 aromatic rings. The van der Waals surface area contributed by atoms with Gasteiger partial charge in [-0.25, -0.2) is 0 Å². The summed E-state index contributed by atoms with van der Waals surface area (Å²) in [5.41, 5.74) is 0.801. The molecule has 1 atom stereocenters. The summed E-state index contributed by atoms with van der Waals surface area (Å²) in [6, 6.07) is 6.89. The fourth-order valence-corrected chi connectivity index (χ4v) is 2.86. The molecule has 5 nitrogen and oxygen atoms in total. The van der Waals surface area contributed by atoms with E-state index in [-0.39, 0.29) is 23.0 Å². The summed E-state index contributed by atoms with van der Waals surface area (Å²) < 4.78 is 5.20. The van der Waals surface area contributed by atoms with E-state index in [1.807, 2.05) is 38.1 Å². The molecule has 1 aliphatic heterocycles. The molecule has 0 bridgehead atoms. The van der Waals surface area contributed by atoms with Crippen LogP contribution in [-0.4, -0.2) is 34.8 Å². The van der Waals surface area contributed by atoms with Gasteiger partial charge >= 0.3 is 0 Å². The van der Waals surface area contributed by atoms with Crippen molar-refractivity contribution < 1.29 is 19.4 Å². The van der Waals surface area contributed by atoms with Crippen LogP contribution in [0.25, 0.3) is 0 Å². The molecular weight excluding hydrogens is 294 g/mol. The van der Waals surface area contributed by atoms with E-state index in [1.165, 1.54) is 6.92 Å². The van der Waals surface area contributed by atoms with Gasteiger partial charge in [0, 0.05) is 6.54 Å². The number of rotatable bonds is 5. The first-order valence-electron chi connectivity index (χ1n) is 7.73. The molecule has 124 valence electrons. The van der Waals surface area contributed by atoms with Gasteiger partial charge in [-0.15, -0.1) is 0 Å². The van der Waals surface area contributed by atoms with Crippen LogP contribution in [0.3, 0.4) is 0 Å². The van der Waals surface area contributed by atoms with E-state index in [9.17, 15) is 14.7 Å². The number of methoxy groups -OCH3 is 1. The number of nitrogens with zero attached hydrogens (tertiary/aromatic N) is 1. The van der Waals surface area contributed by atoms with Gasteiger partial charge in [-0.05, 0) is 37.0 Å². The number of hydrogen-bond acceptors (Lipinski definition) is 4. The van der Waals surface area contributed by atoms with E-state index in [0.29, 0.717) is 18.7 Å². The normalized spacial score (nSPS) is 20.4. The topological polar surface area (TPSA) is 66.8 Å². The Kier molecular flexibility index (Phi) is 5.08. The predicted octanol–water partition coefficient (Wildman–Crippen LogP) is 2.85. The van der Waals surface area contributed by atoms with Gasteiger partial charge in [0.15, 0.2) is 5.78 Å². The van der Waals surface area contributed by atoms with Crippen LogP contribution in [0.1, 0.15) is 32.8 Å². The number of benzene rings is 1. The highest BCUT2D eigenvalue weighted by Crippen LogP contribution is 2.29. The molecule has 0 aliphatic carbocycles. The van der Waals surface area contributed by atoms with E-state index in [2.05, 4.69) is 0 Å². The van der Waals surface area contributed by atoms with E-state index >= 15 is 0 Å². The third kappa shape index (κ3) is 3.55. The largest absolute Gasteiger partial charge is 0.512 e. The Morgan fingerprint density at radius 3 is 2.61 bits per heavy atom. The fourth-order valence-electron chi connectivity index (χ4n) is 2.86. The maximum absolute atomic E-state index is 12.6. The molecule has 2 rings (SSSR count). The number of hydrogen-bond donors (Lipinski definition) is 1. The Balaban J connectivity index is 2.34. The minimum atomic E-state index is -0.522. The molecule has 1 N–H and O–H groups in total. The summed E-state index contributed by atoms with van der Waals surface area (Å²) in [6.45, 7) is 5.71. The first kappa shape index (κ1) is 17.1. The van der Waals surface area contributed by atoms with Crippen LogP contribution in [-0.2, 0) is 16.1 Å². The molecule has 1 heterocycles. The molecule has 5 heteroatoms. The summed E-state index contributed by atoms with van der Waals surface area (Å²) in [5.74, 6) is 0.0786. The number of aliphatic hydroxyl groups excluding tert-OH is 1. The second kappa shape index (κ2) is 6.86. The van der Waals surface area contributed by atoms with Crippen molar-refractivity contribution in [3.05, 3.63) is 41.2 Å². The van der Waals surface area contributed by atoms with Crippen molar-refractivity contribution >= 4 is 11.7 Å². The lowest BCUT2D eigenvalue weighted by Gasteiger charge is -2.24. The Morgan fingerprint density at radius 1 is 1.35 bits per heavy atom. The highest BCUT2D eigenvalue weighted by Gasteiger charge is 2.44. The third-order valence-electron chi connectivity index (χ3n) is 3.94. The number of carbonyl (C=O) groups is 2. The molecule has 0 aromatic heterocycles. The van der Waals surface area contributed by atoms with Crippen molar-refractivity contribution in [1.29, 1.82) is 0 Å². The van der Waals surface area contributed by atoms with Crippen LogP contribution < -0.4 is 4.74 Å². The van der Waals surface area contributed by atoms with E-state index in [0.717, 1.165) is 5.56 Å². The molecule has 1 fully saturated rings. The molecule has 0 saturated carbocycles. The minimum Gasteiger partial charge on any atom is -0.512 e. The maximum atomic E-state index is 12.6. The highest BCUT2D eigenvalue weighted by atomic mass is 16.5. The lowest BCUT2D eigenvalue weighted by molar-refractivity contribution is -0.128. The number of carbonyl (C=O) groups excluding carboxylic acids is 2. The van der Waals surface area contributed by atoms with Gasteiger partial charge in [-0.3, -0.25) is 9.59 Å². The van der Waals surface area contributed by atoms with Gasteiger partial charge in [0.1, 0.15) is 17.1 Å². The zero-order valence-electron chi connectivity index (χ0n) is 14.0. The number of allylic oxidation sites excluding steroid dienone is 1. The Hall–Kier alpha value is -2.30. The zero-order valence-corrected chi connectivity index (χ0v) is 14.0. The van der Waals surface area contributed by atoms with E-state index < -0.39 is 11.9 Å². The Morgan fingerprint density at radius 2 is 2.04 bits per heavy atom. The van der Waals surface area contributed by atoms with Gasteiger partial charge in [0.25, 0.3) is 5.91 Å². The zero-order chi connectivity index (χ0) is 17.1. The first-order valence-corrected chi connectivity index (χ1v) is 7.73. The van der Waals surface area contributed by atoms with E-state index in [1.54, 1.807) is 12.0 Å². The van der Waals surface area contributed by atoms with E-state index in [4.69, 9.17) is 4.74 Å². The van der Waals surface area contributed by atoms with Crippen molar-refractivity contribution in [2.75, 3.05) is 7.11 Å². The standard InChI is InChI=1S/C18H23NO4/c1-11(2)8-15-17(21)16(12(3)20)18(22)19(15)10-13-6-5-7-14(9-13)23-4/h5-7,9,11,15,20H,8,10H2,1-4H3/b16-12+/t15-/m0/s1. The number of amides is 1. The number of ketones is 1. The van der Waals surface area contributed by atoms with Crippen LogP contribution in [0.2, 0.25) is 0 Å². The average molecular weight is 317 g/mol. The van der Waals surface area contributed by atoms with Crippen LogP contribution in [0.15, 0.2) is 35.6 Å². The van der Waals surface area contributed by atoms with Gasteiger partial charge in [-0.1, -0.05) is 26.0 Å². The summed E-state index contributed by atoms with van der Waals surface area (Å²) >= 11 is 0. The SMILES string of the molecule is COc1cccc(CN2C(=O)/C(=C(\C)O)C(=O)[C@@H]2CC(C)C)c1. The van der Waals surface area contributed by atoms with Crippen molar-refractivity contribution in [1.82, 2.24) is 4.90 Å². The molecule has 0 unspecified atom stereocenters. The first-order chi connectivity index (χ1) is 10.8. The van der Waals surface area contributed by atoms with Crippen molar-refractivity contribution in [2.45, 2.75) is 39.8 Å². The summed E-state index contributed by atoms with van der Waals surface area (Å²) in [6.07, 6.45) is 0.575. The van der Waals surface area contributed by atoms with Crippen LogP contribution in [0.5, 0.6) is 5.75 Å². The van der Waals surface area contributed by atoms with Crippen molar-refractivity contribution in [3.8, 4) is 5.75 Å². The highest BCUT2D eigenvalue weighted by molar-refractivity contribution is 6.26. The molecule has 1 aromatic carbocycles. The molecule has 1 aliphatic rings. The average Bonchev–Trinajstić information content (AvgIpc) is 2.71. The monoisotopic (exact) mass is 317 g/mol. The number of Topliss-reactive ketones (excluding diaryl/α,β-unsaturated/α-hetero) is 1. The lowest BCUT2D eigenvalue weighted by atomic mass is 9.99. The van der Waals surface area contributed by atoms with Gasteiger partial charge in [-0.2, -0.15) is 0 Å². The van der Waals surface area contributed by atoms with Crippen LogP contribution >= 0.6 is 0 Å². The van der Waals surface area contributed by atoms with Crippen molar-refractivity contribution in [2.24, 2.45) is 5.92 Å². The second-order valence-corrected chi connectivity index (χ2v) is 6.25. The number of likely N-dealkylation sites (tertiary alicyclic amines) is 1. The van der Waals surface area contributed by atoms with Crippen molar-refractivity contribution in [3.63, 3.8) is 0 Å². The summed E-state index contributed by atoms with van der Waals surface area (Å²) in [7, 11) is 1.58. The summed E-state index contributed by atoms with van der Waals surface area (Å²) in [5, 5.41) is 9.70. The third-order valence-corrected chi connectivity index (χ3v) is 3.94. The van der Waals surface area contributed by atoms with Gasteiger partial charge in [0.2, 0.25) is 0 Å². The lowest BCUT2D eigenvalue weighted by Crippen LogP contribution is -2.36. The smallest absolute Gasteiger partial charge is 0.261 e. The summed E-state index contributed by atoms with van der Waals surface area (Å²) in [4.78, 5) is 26.6. The maximum Gasteiger partial charge on any atom is 0.261 e. The molecular formula is C18H23NO4. The fraction of sp³-hybridized carbons (Fsp3) is 0.444. The van der Waals surface area contributed by atoms with Crippen LogP contribution in [0.4, 0.5) is 0 Å². The number of ether oxygens (including phenoxy) is 1. The quantitative estimate of drug-likeness (QED) is 0.515. The Bertz CT molecular complexity index is 644. The molecule has 1 saturated heterocycles. The number of aliphatic hydroxyl groups is 1. The van der Waals surface area contributed by atoms with Crippen LogP contribution in [0, 0.1) is 5.92 Å².